The van der Waals surface area contributed by atoms with Crippen LogP contribution in [0, 0.1) is 5.82 Å². The molecule has 0 saturated heterocycles. The van der Waals surface area contributed by atoms with E-state index in [1.54, 1.807) is 19.4 Å². The molecule has 42 heavy (non-hydrogen) atoms. The van der Waals surface area contributed by atoms with E-state index in [1.165, 1.54) is 6.07 Å². The summed E-state index contributed by atoms with van der Waals surface area (Å²) in [4.78, 5) is 36.8. The second-order valence-corrected chi connectivity index (χ2v) is 9.47. The average Bonchev–Trinajstić information content (AvgIpc) is 3.61. The predicted molar refractivity (Wildman–Crippen MR) is 144 cm³/mol. The van der Waals surface area contributed by atoms with E-state index in [-0.39, 0.29) is 12.6 Å². The number of benzene rings is 2. The zero-order valence-electron chi connectivity index (χ0n) is 22.8. The molecule has 1 aliphatic heterocycles. The molecule has 0 aliphatic carbocycles. The first-order chi connectivity index (χ1) is 20.0. The van der Waals surface area contributed by atoms with Crippen molar-refractivity contribution in [1.29, 1.82) is 0 Å². The van der Waals surface area contributed by atoms with Gasteiger partial charge in [-0.2, -0.15) is 0 Å². The number of hydrogen-bond donors (Lipinski definition) is 4. The van der Waals surface area contributed by atoms with Crippen molar-refractivity contribution in [3.63, 3.8) is 0 Å². The van der Waals surface area contributed by atoms with Gasteiger partial charge in [-0.25, -0.2) is 14.2 Å². The SMILES string of the molecule is COc1cc(CN(CCCn2ccnc2)Cc2ccccc2F)cc2c1OCO2.O=C(O)CC(O)(CC(=O)O)C(=O)O. The monoisotopic (exact) mass is 589 g/mol. The van der Waals surface area contributed by atoms with E-state index >= 15 is 0 Å². The highest BCUT2D eigenvalue weighted by atomic mass is 19.1. The number of halogens is 1. The Kier molecular flexibility index (Phi) is 11.2. The van der Waals surface area contributed by atoms with Crippen LogP contribution in [0.15, 0.2) is 55.1 Å². The summed E-state index contributed by atoms with van der Waals surface area (Å²) >= 11 is 0. The van der Waals surface area contributed by atoms with Gasteiger partial charge in [0.25, 0.3) is 0 Å². The number of ether oxygens (including phenoxy) is 3. The van der Waals surface area contributed by atoms with Crippen molar-refractivity contribution < 1.29 is 53.4 Å². The number of carboxylic acid groups (broad SMARTS) is 3. The molecule has 0 bridgehead atoms. The maximum atomic E-state index is 14.2. The van der Waals surface area contributed by atoms with Gasteiger partial charge in [0.05, 0.1) is 26.3 Å². The van der Waals surface area contributed by atoms with Gasteiger partial charge in [0.15, 0.2) is 17.1 Å². The third kappa shape index (κ3) is 9.17. The van der Waals surface area contributed by atoms with Crippen LogP contribution >= 0.6 is 0 Å². The molecule has 0 unspecified atom stereocenters. The summed E-state index contributed by atoms with van der Waals surface area (Å²) in [6.45, 7) is 3.03. The van der Waals surface area contributed by atoms with Crippen LogP contribution in [0.5, 0.6) is 17.2 Å². The molecule has 2 aromatic carbocycles. The summed E-state index contributed by atoms with van der Waals surface area (Å²) in [7, 11) is 1.61. The van der Waals surface area contributed by atoms with Crippen LogP contribution in [-0.4, -0.2) is 78.8 Å². The van der Waals surface area contributed by atoms with Crippen LogP contribution in [-0.2, 0) is 34.0 Å². The lowest BCUT2D eigenvalue weighted by atomic mass is 9.96. The van der Waals surface area contributed by atoms with Gasteiger partial charge in [0.2, 0.25) is 12.5 Å². The third-order valence-corrected chi connectivity index (χ3v) is 6.21. The lowest BCUT2D eigenvalue weighted by Crippen LogP contribution is -2.42. The van der Waals surface area contributed by atoms with Gasteiger partial charge >= 0.3 is 17.9 Å². The standard InChI is InChI=1S/C22H24FN3O3.C6H8O7/c1-27-20-11-17(12-21-22(20)29-16-28-21)13-26(9-4-8-25-10-7-24-15-25)14-18-5-2-3-6-19(18)23;7-3(8)1-6(13,5(11)12)2-4(9)10/h2-3,5-7,10-12,15H,4,8-9,13-14,16H2,1H3;13H,1-2H2,(H,7,8)(H,9,10)(H,11,12). The topological polar surface area (TPSA) is 181 Å². The van der Waals surface area contributed by atoms with Crippen molar-refractivity contribution in [2.75, 3.05) is 20.4 Å². The van der Waals surface area contributed by atoms with E-state index in [1.807, 2.05) is 41.4 Å². The largest absolute Gasteiger partial charge is 0.493 e. The molecular weight excluding hydrogens is 557 g/mol. The lowest BCUT2D eigenvalue weighted by molar-refractivity contribution is -0.170. The average molecular weight is 590 g/mol. The van der Waals surface area contributed by atoms with Gasteiger partial charge in [-0.15, -0.1) is 0 Å². The second kappa shape index (κ2) is 14.8. The molecule has 1 aromatic heterocycles. The van der Waals surface area contributed by atoms with Crippen molar-refractivity contribution in [3.05, 3.63) is 72.1 Å². The Hall–Kier alpha value is -4.69. The number of aryl methyl sites for hydroxylation is 1. The first-order valence-electron chi connectivity index (χ1n) is 12.8. The smallest absolute Gasteiger partial charge is 0.336 e. The zero-order chi connectivity index (χ0) is 30.7. The molecule has 0 amide bonds. The van der Waals surface area contributed by atoms with E-state index < -0.39 is 36.4 Å². The highest BCUT2D eigenvalue weighted by Gasteiger charge is 2.40. The molecule has 226 valence electrons. The number of carboxylic acids is 3. The van der Waals surface area contributed by atoms with Gasteiger partial charge < -0.3 is 39.2 Å². The van der Waals surface area contributed by atoms with Crippen LogP contribution in [0.2, 0.25) is 0 Å². The van der Waals surface area contributed by atoms with Gasteiger partial charge in [0.1, 0.15) is 5.82 Å². The molecule has 0 saturated carbocycles. The van der Waals surface area contributed by atoms with Crippen LogP contribution < -0.4 is 14.2 Å². The number of imidazole rings is 1. The summed E-state index contributed by atoms with van der Waals surface area (Å²) in [5.41, 5.74) is -1.02. The minimum Gasteiger partial charge on any atom is -0.493 e. The molecule has 4 N–H and O–H groups in total. The molecule has 13 nitrogen and oxygen atoms in total. The first kappa shape index (κ1) is 31.8. The fourth-order valence-corrected chi connectivity index (χ4v) is 4.22. The van der Waals surface area contributed by atoms with Gasteiger partial charge in [-0.3, -0.25) is 14.5 Å². The van der Waals surface area contributed by atoms with E-state index in [4.69, 9.17) is 34.6 Å². The summed E-state index contributed by atoms with van der Waals surface area (Å²) in [5, 5.41) is 33.8. The summed E-state index contributed by atoms with van der Waals surface area (Å²) < 4.78 is 32.8. The van der Waals surface area contributed by atoms with Crippen molar-refractivity contribution in [3.8, 4) is 17.2 Å². The minimum absolute atomic E-state index is 0.185. The Morgan fingerprint density at radius 1 is 1.10 bits per heavy atom. The number of carbonyl (C=O) groups is 3. The first-order valence-corrected chi connectivity index (χ1v) is 12.8. The normalized spacial score (nSPS) is 12.0. The number of aromatic nitrogens is 2. The number of nitrogens with zero attached hydrogens (tertiary/aromatic N) is 3. The maximum absolute atomic E-state index is 14.2. The number of aliphatic hydroxyl groups is 1. The molecule has 2 heterocycles. The maximum Gasteiger partial charge on any atom is 0.336 e. The van der Waals surface area contributed by atoms with E-state index in [9.17, 15) is 18.8 Å². The molecular formula is C28H32FN3O10. The predicted octanol–water partition coefficient (Wildman–Crippen LogP) is 2.60. The fraction of sp³-hybridized carbons (Fsp3) is 0.357. The van der Waals surface area contributed by atoms with E-state index in [0.717, 1.165) is 25.1 Å². The third-order valence-electron chi connectivity index (χ3n) is 6.21. The van der Waals surface area contributed by atoms with Crippen LogP contribution in [0.1, 0.15) is 30.4 Å². The van der Waals surface area contributed by atoms with Crippen LogP contribution in [0.25, 0.3) is 0 Å². The van der Waals surface area contributed by atoms with Crippen molar-refractivity contribution in [2.45, 2.75) is 44.5 Å². The Morgan fingerprint density at radius 3 is 2.40 bits per heavy atom. The van der Waals surface area contributed by atoms with Crippen LogP contribution in [0.4, 0.5) is 4.39 Å². The van der Waals surface area contributed by atoms with Crippen molar-refractivity contribution >= 4 is 17.9 Å². The molecule has 0 fully saturated rings. The number of fused-ring (bicyclic) bond motifs is 1. The van der Waals surface area contributed by atoms with Crippen molar-refractivity contribution in [2.24, 2.45) is 0 Å². The summed E-state index contributed by atoms with van der Waals surface area (Å²) in [6.07, 6.45) is 4.17. The lowest BCUT2D eigenvalue weighted by Gasteiger charge is -2.23. The Morgan fingerprint density at radius 2 is 1.81 bits per heavy atom. The van der Waals surface area contributed by atoms with Gasteiger partial charge in [-0.1, -0.05) is 18.2 Å². The highest BCUT2D eigenvalue weighted by molar-refractivity contribution is 5.88. The van der Waals surface area contributed by atoms with Gasteiger partial charge in [-0.05, 0) is 30.2 Å². The molecule has 0 radical (unpaired) electrons. The van der Waals surface area contributed by atoms with E-state index in [2.05, 4.69) is 9.88 Å². The number of methoxy groups -OCH3 is 1. The fourth-order valence-electron chi connectivity index (χ4n) is 4.22. The molecule has 0 atom stereocenters. The minimum atomic E-state index is -2.74. The Bertz CT molecular complexity index is 1350. The van der Waals surface area contributed by atoms with E-state index in [0.29, 0.717) is 35.9 Å². The van der Waals surface area contributed by atoms with Crippen molar-refractivity contribution in [1.82, 2.24) is 14.5 Å². The van der Waals surface area contributed by atoms with Crippen LogP contribution in [0.3, 0.4) is 0 Å². The Labute approximate surface area is 240 Å². The second-order valence-electron chi connectivity index (χ2n) is 9.47. The number of aliphatic carboxylic acids is 3. The quantitative estimate of drug-likeness (QED) is 0.216. The highest BCUT2D eigenvalue weighted by Crippen LogP contribution is 2.42. The molecule has 4 rings (SSSR count). The summed E-state index contributed by atoms with van der Waals surface area (Å²) in [6, 6.07) is 10.8. The summed E-state index contributed by atoms with van der Waals surface area (Å²) in [5.74, 6) is -3.23. The molecule has 0 spiro atoms. The molecule has 1 aliphatic rings. The Balaban J connectivity index is 0.000000316. The number of rotatable bonds is 14. The molecule has 14 heteroatoms. The molecule has 3 aromatic rings. The zero-order valence-corrected chi connectivity index (χ0v) is 22.8. The van der Waals surface area contributed by atoms with Gasteiger partial charge in [0, 0.05) is 44.1 Å². The number of hydrogen-bond acceptors (Lipinski definition) is 9.